The predicted molar refractivity (Wildman–Crippen MR) is 113 cm³/mol. The van der Waals surface area contributed by atoms with E-state index in [1.807, 2.05) is 31.3 Å². The summed E-state index contributed by atoms with van der Waals surface area (Å²) in [6, 6.07) is 12.3. The largest absolute Gasteiger partial charge is 0.497 e. The number of carbonyl (C=O) groups excluding carboxylic acids is 1. The Labute approximate surface area is 172 Å². The number of nitrogens with one attached hydrogen (secondary N) is 1. The van der Waals surface area contributed by atoms with Crippen LogP contribution in [0.5, 0.6) is 5.75 Å². The number of likely N-dealkylation sites (tertiary alicyclic amines) is 1. The molecule has 1 amide bonds. The first-order valence-corrected chi connectivity index (χ1v) is 9.50. The number of nitrogens with zero attached hydrogens (tertiary/aromatic N) is 1. The molecule has 0 radical (unpaired) electrons. The predicted octanol–water partition coefficient (Wildman–Crippen LogP) is 4.38. The summed E-state index contributed by atoms with van der Waals surface area (Å²) in [7, 11) is 3.57. The Hall–Kier alpha value is -2.11. The van der Waals surface area contributed by atoms with E-state index in [0.29, 0.717) is 19.0 Å². The van der Waals surface area contributed by atoms with E-state index in [1.165, 1.54) is 6.07 Å². The maximum atomic E-state index is 14.6. The molecule has 4 nitrogen and oxygen atoms in total. The molecule has 1 N–H and O–H groups in total. The SMILES string of the molecule is CNCCC1CCN(C(=O)c2ccc(-c3ccc(OC)cc3)cc2F)CC1.Cl. The zero-order valence-electron chi connectivity index (χ0n) is 16.4. The number of ether oxygens (including phenoxy) is 1. The molecule has 1 aliphatic heterocycles. The van der Waals surface area contributed by atoms with Crippen molar-refractivity contribution in [1.29, 1.82) is 0 Å². The zero-order valence-corrected chi connectivity index (χ0v) is 17.2. The molecule has 2 aromatic rings. The number of hydrogen-bond acceptors (Lipinski definition) is 3. The first kappa shape index (κ1) is 22.2. The Morgan fingerprint density at radius 2 is 1.79 bits per heavy atom. The second-order valence-corrected chi connectivity index (χ2v) is 7.05. The molecule has 0 atom stereocenters. The van der Waals surface area contributed by atoms with Crippen molar-refractivity contribution < 1.29 is 13.9 Å². The molecule has 152 valence electrons. The quantitative estimate of drug-likeness (QED) is 0.773. The first-order chi connectivity index (χ1) is 13.1. The second kappa shape index (κ2) is 10.4. The normalized spacial score (nSPS) is 14.5. The zero-order chi connectivity index (χ0) is 19.2. The molecule has 0 saturated carbocycles. The molecule has 2 aromatic carbocycles. The van der Waals surface area contributed by atoms with Crippen molar-refractivity contribution in [3.63, 3.8) is 0 Å². The molecule has 0 spiro atoms. The summed E-state index contributed by atoms with van der Waals surface area (Å²) in [4.78, 5) is 14.5. The van der Waals surface area contributed by atoms with Crippen LogP contribution in [-0.4, -0.2) is 44.6 Å². The van der Waals surface area contributed by atoms with Gasteiger partial charge in [-0.05, 0) is 74.2 Å². The van der Waals surface area contributed by atoms with E-state index in [1.54, 1.807) is 24.1 Å². The van der Waals surface area contributed by atoms with E-state index in [0.717, 1.165) is 42.7 Å². The highest BCUT2D eigenvalue weighted by molar-refractivity contribution is 5.95. The van der Waals surface area contributed by atoms with Crippen LogP contribution in [0.2, 0.25) is 0 Å². The summed E-state index contributed by atoms with van der Waals surface area (Å²) in [5.41, 5.74) is 1.79. The minimum atomic E-state index is -0.467. The van der Waals surface area contributed by atoms with Gasteiger partial charge in [-0.15, -0.1) is 12.4 Å². The molecule has 0 unspecified atom stereocenters. The summed E-state index contributed by atoms with van der Waals surface area (Å²) in [5.74, 6) is 0.722. The molecule has 0 aliphatic carbocycles. The fourth-order valence-corrected chi connectivity index (χ4v) is 3.60. The van der Waals surface area contributed by atoms with Crippen molar-refractivity contribution >= 4 is 18.3 Å². The number of methoxy groups -OCH3 is 1. The van der Waals surface area contributed by atoms with E-state index >= 15 is 0 Å². The Bertz CT molecular complexity index is 775. The molecule has 3 rings (SSSR count). The van der Waals surface area contributed by atoms with Gasteiger partial charge in [-0.1, -0.05) is 18.2 Å². The summed E-state index contributed by atoms with van der Waals surface area (Å²) < 4.78 is 19.8. The van der Waals surface area contributed by atoms with E-state index in [2.05, 4.69) is 5.32 Å². The number of halogens is 2. The number of piperidine rings is 1. The average Bonchev–Trinajstić information content (AvgIpc) is 2.72. The van der Waals surface area contributed by atoms with Crippen molar-refractivity contribution in [3.05, 3.63) is 53.8 Å². The van der Waals surface area contributed by atoms with Crippen LogP contribution >= 0.6 is 12.4 Å². The van der Waals surface area contributed by atoms with Crippen LogP contribution in [0.4, 0.5) is 4.39 Å². The third kappa shape index (κ3) is 5.24. The van der Waals surface area contributed by atoms with Gasteiger partial charge in [0.05, 0.1) is 12.7 Å². The fourth-order valence-electron chi connectivity index (χ4n) is 3.60. The number of amides is 1. The van der Waals surface area contributed by atoms with Gasteiger partial charge in [0.25, 0.3) is 5.91 Å². The smallest absolute Gasteiger partial charge is 0.256 e. The van der Waals surface area contributed by atoms with Gasteiger partial charge in [0, 0.05) is 13.1 Å². The van der Waals surface area contributed by atoms with Crippen molar-refractivity contribution in [2.45, 2.75) is 19.3 Å². The lowest BCUT2D eigenvalue weighted by molar-refractivity contribution is 0.0682. The number of hydrogen-bond donors (Lipinski definition) is 1. The van der Waals surface area contributed by atoms with E-state index in [-0.39, 0.29) is 23.9 Å². The summed E-state index contributed by atoms with van der Waals surface area (Å²) in [6.07, 6.45) is 3.10. The second-order valence-electron chi connectivity index (χ2n) is 7.05. The standard InChI is InChI=1S/C22H27FN2O2.ClH/c1-24-12-9-16-10-13-25(14-11-16)22(26)20-8-5-18(15-21(20)23)17-3-6-19(27-2)7-4-17;/h3-8,15-16,24H,9-14H2,1-2H3;1H. The summed E-state index contributed by atoms with van der Waals surface area (Å²) in [6.45, 7) is 2.40. The molecular formula is C22H28ClFN2O2. The fraction of sp³-hybridized carbons (Fsp3) is 0.409. The van der Waals surface area contributed by atoms with E-state index in [9.17, 15) is 9.18 Å². The molecule has 0 aromatic heterocycles. The van der Waals surface area contributed by atoms with Crippen LogP contribution in [0.25, 0.3) is 11.1 Å². The summed E-state index contributed by atoms with van der Waals surface area (Å²) in [5, 5.41) is 3.17. The van der Waals surface area contributed by atoms with Gasteiger partial charge < -0.3 is 15.0 Å². The van der Waals surface area contributed by atoms with Gasteiger partial charge in [-0.2, -0.15) is 0 Å². The highest BCUT2D eigenvalue weighted by atomic mass is 35.5. The van der Waals surface area contributed by atoms with Crippen molar-refractivity contribution in [2.75, 3.05) is 33.8 Å². The maximum absolute atomic E-state index is 14.6. The lowest BCUT2D eigenvalue weighted by Gasteiger charge is -2.32. The van der Waals surface area contributed by atoms with Gasteiger partial charge >= 0.3 is 0 Å². The third-order valence-electron chi connectivity index (χ3n) is 5.33. The maximum Gasteiger partial charge on any atom is 0.256 e. The third-order valence-corrected chi connectivity index (χ3v) is 5.33. The van der Waals surface area contributed by atoms with Crippen LogP contribution in [-0.2, 0) is 0 Å². The minimum Gasteiger partial charge on any atom is -0.497 e. The molecule has 6 heteroatoms. The van der Waals surface area contributed by atoms with Gasteiger partial charge in [0.1, 0.15) is 11.6 Å². The van der Waals surface area contributed by atoms with Crippen molar-refractivity contribution in [2.24, 2.45) is 5.92 Å². The van der Waals surface area contributed by atoms with Crippen molar-refractivity contribution in [1.82, 2.24) is 10.2 Å². The molecule has 1 heterocycles. The lowest BCUT2D eigenvalue weighted by Crippen LogP contribution is -2.39. The Morgan fingerprint density at radius 1 is 1.14 bits per heavy atom. The summed E-state index contributed by atoms with van der Waals surface area (Å²) >= 11 is 0. The van der Waals surface area contributed by atoms with E-state index in [4.69, 9.17) is 4.74 Å². The van der Waals surface area contributed by atoms with Crippen LogP contribution in [0.15, 0.2) is 42.5 Å². The molecule has 1 fully saturated rings. The monoisotopic (exact) mass is 406 g/mol. The highest BCUT2D eigenvalue weighted by Gasteiger charge is 2.25. The molecular weight excluding hydrogens is 379 g/mol. The van der Waals surface area contributed by atoms with Crippen LogP contribution in [0.1, 0.15) is 29.6 Å². The van der Waals surface area contributed by atoms with Gasteiger partial charge in [0.2, 0.25) is 0 Å². The van der Waals surface area contributed by atoms with Crippen LogP contribution in [0, 0.1) is 11.7 Å². The Balaban J connectivity index is 0.00000280. The first-order valence-electron chi connectivity index (χ1n) is 9.50. The molecule has 0 bridgehead atoms. The minimum absolute atomic E-state index is 0. The number of rotatable bonds is 6. The molecule has 28 heavy (non-hydrogen) atoms. The molecule has 1 aliphatic rings. The topological polar surface area (TPSA) is 41.6 Å². The van der Waals surface area contributed by atoms with Gasteiger partial charge in [-0.3, -0.25) is 4.79 Å². The Kier molecular flexibility index (Phi) is 8.27. The van der Waals surface area contributed by atoms with Gasteiger partial charge in [0.15, 0.2) is 0 Å². The van der Waals surface area contributed by atoms with E-state index < -0.39 is 5.82 Å². The number of benzene rings is 2. The average molecular weight is 407 g/mol. The van der Waals surface area contributed by atoms with Crippen molar-refractivity contribution in [3.8, 4) is 16.9 Å². The van der Waals surface area contributed by atoms with Crippen LogP contribution in [0.3, 0.4) is 0 Å². The van der Waals surface area contributed by atoms with Gasteiger partial charge in [-0.25, -0.2) is 4.39 Å². The highest BCUT2D eigenvalue weighted by Crippen LogP contribution is 2.26. The number of carbonyl (C=O) groups is 1. The lowest BCUT2D eigenvalue weighted by atomic mass is 9.93. The molecule has 1 saturated heterocycles. The Morgan fingerprint density at radius 3 is 2.36 bits per heavy atom. The van der Waals surface area contributed by atoms with Crippen LogP contribution < -0.4 is 10.1 Å².